The lowest BCUT2D eigenvalue weighted by molar-refractivity contribution is 0.627. The van der Waals surface area contributed by atoms with Crippen molar-refractivity contribution in [2.45, 2.75) is 6.92 Å². The van der Waals surface area contributed by atoms with Gasteiger partial charge in [-0.2, -0.15) is 4.99 Å². The third-order valence-corrected chi connectivity index (χ3v) is 1.76. The number of aliphatic imine (C=N–C) groups is 1. The quantitative estimate of drug-likeness (QED) is 0.500. The second-order valence-electron chi connectivity index (χ2n) is 2.26. The molecule has 1 aromatic rings. The fraction of sp³-hybridized carbons (Fsp3) is 0.125. The van der Waals surface area contributed by atoms with Crippen LogP contribution < -0.4 is 0 Å². The van der Waals surface area contributed by atoms with Gasteiger partial charge < -0.3 is 0 Å². The van der Waals surface area contributed by atoms with Crippen LogP contribution in [0.25, 0.3) is 0 Å². The number of halogens is 2. The maximum Gasteiger partial charge on any atom is 0.125 e. The standard InChI is InChI=1S/C8H5ClFNS/c1-5-2-6(10)3-7(9)8(5)11-4-12/h2-3H,1H3. The van der Waals surface area contributed by atoms with Gasteiger partial charge >= 0.3 is 0 Å². The van der Waals surface area contributed by atoms with Crippen LogP contribution in [-0.4, -0.2) is 5.16 Å². The van der Waals surface area contributed by atoms with Gasteiger partial charge in [0.1, 0.15) is 5.82 Å². The lowest BCUT2D eigenvalue weighted by Crippen LogP contribution is -1.80. The molecular weight excluding hydrogens is 197 g/mol. The van der Waals surface area contributed by atoms with E-state index >= 15 is 0 Å². The fourth-order valence-electron chi connectivity index (χ4n) is 0.882. The highest BCUT2D eigenvalue weighted by atomic mass is 35.5. The zero-order valence-corrected chi connectivity index (χ0v) is 7.84. The second kappa shape index (κ2) is 3.76. The number of nitrogens with zero attached hydrogens (tertiary/aromatic N) is 1. The molecule has 0 aliphatic carbocycles. The second-order valence-corrected chi connectivity index (χ2v) is 2.85. The fourth-order valence-corrected chi connectivity index (χ4v) is 1.27. The van der Waals surface area contributed by atoms with Crippen molar-refractivity contribution in [1.82, 2.24) is 0 Å². The molecule has 0 bridgehead atoms. The molecule has 0 saturated carbocycles. The van der Waals surface area contributed by atoms with Gasteiger partial charge in [0.05, 0.1) is 15.9 Å². The van der Waals surface area contributed by atoms with Crippen molar-refractivity contribution in [2.75, 3.05) is 0 Å². The van der Waals surface area contributed by atoms with Crippen LogP contribution in [0.5, 0.6) is 0 Å². The largest absolute Gasteiger partial charge is 0.207 e. The van der Waals surface area contributed by atoms with E-state index in [4.69, 9.17) is 11.6 Å². The first-order valence-electron chi connectivity index (χ1n) is 3.18. The van der Waals surface area contributed by atoms with Gasteiger partial charge in [-0.25, -0.2) is 4.39 Å². The molecule has 0 atom stereocenters. The molecule has 0 fully saturated rings. The van der Waals surface area contributed by atoms with Crippen LogP contribution in [0.15, 0.2) is 17.1 Å². The van der Waals surface area contributed by atoms with Gasteiger partial charge in [-0.15, -0.1) is 0 Å². The third-order valence-electron chi connectivity index (χ3n) is 1.38. The number of aryl methyl sites for hydroxylation is 1. The van der Waals surface area contributed by atoms with E-state index in [1.165, 1.54) is 12.1 Å². The van der Waals surface area contributed by atoms with Crippen molar-refractivity contribution in [3.63, 3.8) is 0 Å². The van der Waals surface area contributed by atoms with E-state index < -0.39 is 0 Å². The molecule has 0 aliphatic rings. The summed E-state index contributed by atoms with van der Waals surface area (Å²) in [5, 5.41) is 2.44. The molecule has 1 aromatic carbocycles. The first kappa shape index (κ1) is 9.33. The maximum absolute atomic E-state index is 12.7. The minimum atomic E-state index is -0.374. The number of hydrogen-bond acceptors (Lipinski definition) is 2. The topological polar surface area (TPSA) is 12.4 Å². The van der Waals surface area contributed by atoms with E-state index in [-0.39, 0.29) is 10.8 Å². The molecule has 0 N–H and O–H groups in total. The average Bonchev–Trinajstić information content (AvgIpc) is 1.96. The highest BCUT2D eigenvalue weighted by Crippen LogP contribution is 2.29. The molecule has 0 amide bonds. The molecule has 0 spiro atoms. The van der Waals surface area contributed by atoms with Crippen molar-refractivity contribution in [2.24, 2.45) is 4.99 Å². The highest BCUT2D eigenvalue weighted by molar-refractivity contribution is 7.78. The van der Waals surface area contributed by atoms with Crippen molar-refractivity contribution >= 4 is 34.7 Å². The summed E-state index contributed by atoms with van der Waals surface area (Å²) in [5.41, 5.74) is 1.13. The molecule has 62 valence electrons. The van der Waals surface area contributed by atoms with Gasteiger partial charge in [0.2, 0.25) is 0 Å². The van der Waals surface area contributed by atoms with Crippen LogP contribution in [0.4, 0.5) is 10.1 Å². The van der Waals surface area contributed by atoms with Crippen molar-refractivity contribution in [3.05, 3.63) is 28.5 Å². The Labute approximate surface area is 79.9 Å². The predicted molar refractivity (Wildman–Crippen MR) is 50.8 cm³/mol. The Morgan fingerprint density at radius 1 is 1.58 bits per heavy atom. The van der Waals surface area contributed by atoms with Crippen molar-refractivity contribution in [1.29, 1.82) is 0 Å². The van der Waals surface area contributed by atoms with Crippen molar-refractivity contribution in [3.8, 4) is 0 Å². The molecule has 0 saturated heterocycles. The monoisotopic (exact) mass is 201 g/mol. The van der Waals surface area contributed by atoms with E-state index in [1.54, 1.807) is 6.92 Å². The number of hydrogen-bond donors (Lipinski definition) is 0. The third kappa shape index (κ3) is 1.89. The Balaban J connectivity index is 3.37. The summed E-state index contributed by atoms with van der Waals surface area (Å²) >= 11 is 10.1. The molecule has 1 nitrogen and oxygen atoms in total. The number of benzene rings is 1. The van der Waals surface area contributed by atoms with Crippen LogP contribution in [0, 0.1) is 12.7 Å². The molecule has 0 radical (unpaired) electrons. The van der Waals surface area contributed by atoms with E-state index in [9.17, 15) is 4.39 Å². The van der Waals surface area contributed by atoms with Gasteiger partial charge in [-0.1, -0.05) is 11.6 Å². The Hall–Kier alpha value is -0.760. The summed E-state index contributed by atoms with van der Waals surface area (Å²) in [4.78, 5) is 3.71. The lowest BCUT2D eigenvalue weighted by atomic mass is 10.2. The first-order valence-corrected chi connectivity index (χ1v) is 3.97. The smallest absolute Gasteiger partial charge is 0.125 e. The van der Waals surface area contributed by atoms with Gasteiger partial charge in [0.25, 0.3) is 0 Å². The number of thiocarbonyl (C=S) groups is 1. The van der Waals surface area contributed by atoms with Crippen LogP contribution in [0.3, 0.4) is 0 Å². The highest BCUT2D eigenvalue weighted by Gasteiger charge is 2.04. The van der Waals surface area contributed by atoms with Crippen LogP contribution in [0.1, 0.15) is 5.56 Å². The molecule has 0 aromatic heterocycles. The van der Waals surface area contributed by atoms with E-state index in [1.807, 2.05) is 0 Å². The van der Waals surface area contributed by atoms with Gasteiger partial charge in [-0.3, -0.25) is 0 Å². The predicted octanol–water partition coefficient (Wildman–Crippen LogP) is 3.52. The zero-order chi connectivity index (χ0) is 9.14. The van der Waals surface area contributed by atoms with Crippen LogP contribution >= 0.6 is 23.8 Å². The molecule has 0 unspecified atom stereocenters. The van der Waals surface area contributed by atoms with Gasteiger partial charge in [-0.05, 0) is 36.8 Å². The molecule has 0 aliphatic heterocycles. The molecule has 1 rings (SSSR count). The Kier molecular flexibility index (Phi) is 2.93. The summed E-state index contributed by atoms with van der Waals surface area (Å²) in [7, 11) is 0. The number of isothiocyanates is 1. The van der Waals surface area contributed by atoms with Crippen molar-refractivity contribution < 1.29 is 4.39 Å². The first-order chi connectivity index (χ1) is 5.65. The zero-order valence-electron chi connectivity index (χ0n) is 6.27. The molecule has 0 heterocycles. The minimum Gasteiger partial charge on any atom is -0.207 e. The Morgan fingerprint density at radius 3 is 2.75 bits per heavy atom. The summed E-state index contributed by atoms with van der Waals surface area (Å²) in [6.07, 6.45) is 0. The molecule has 4 heteroatoms. The molecular formula is C8H5ClFNS. The number of rotatable bonds is 1. The summed E-state index contributed by atoms with van der Waals surface area (Å²) in [6.45, 7) is 1.71. The Morgan fingerprint density at radius 2 is 2.25 bits per heavy atom. The van der Waals surface area contributed by atoms with Gasteiger partial charge in [0.15, 0.2) is 0 Å². The summed E-state index contributed by atoms with van der Waals surface area (Å²) < 4.78 is 12.7. The van der Waals surface area contributed by atoms with E-state index in [0.29, 0.717) is 11.3 Å². The Bertz CT molecular complexity index is 335. The van der Waals surface area contributed by atoms with E-state index in [2.05, 4.69) is 22.4 Å². The summed E-state index contributed by atoms with van der Waals surface area (Å²) in [6, 6.07) is 2.54. The maximum atomic E-state index is 12.7. The molecule has 12 heavy (non-hydrogen) atoms. The summed E-state index contributed by atoms with van der Waals surface area (Å²) in [5.74, 6) is -0.374. The van der Waals surface area contributed by atoms with Crippen LogP contribution in [-0.2, 0) is 0 Å². The lowest BCUT2D eigenvalue weighted by Gasteiger charge is -2.00. The normalized spacial score (nSPS) is 9.25. The minimum absolute atomic E-state index is 0.254. The SMILES string of the molecule is Cc1cc(F)cc(Cl)c1N=C=S. The average molecular weight is 202 g/mol. The van der Waals surface area contributed by atoms with E-state index in [0.717, 1.165) is 0 Å². The van der Waals surface area contributed by atoms with Crippen LogP contribution in [0.2, 0.25) is 5.02 Å². The van der Waals surface area contributed by atoms with Gasteiger partial charge in [0, 0.05) is 0 Å².